The van der Waals surface area contributed by atoms with Crippen molar-refractivity contribution < 1.29 is 4.79 Å². The molecule has 2 heterocycles. The minimum absolute atomic E-state index is 0.166. The van der Waals surface area contributed by atoms with Crippen LogP contribution in [0.25, 0.3) is 0 Å². The van der Waals surface area contributed by atoms with E-state index < -0.39 is 5.54 Å². The monoisotopic (exact) mass is 313 g/mol. The molecule has 0 amide bonds. The summed E-state index contributed by atoms with van der Waals surface area (Å²) < 4.78 is 2.45. The Bertz CT molecular complexity index is 432. The fourth-order valence-electron chi connectivity index (χ4n) is 2.66. The summed E-state index contributed by atoms with van der Waals surface area (Å²) in [5.41, 5.74) is 0.263. The molecule has 1 aliphatic heterocycles. The number of likely N-dealkylation sites (tertiary alicyclic amines) is 1. The van der Waals surface area contributed by atoms with Crippen molar-refractivity contribution in [2.75, 3.05) is 13.1 Å². The molecule has 0 aromatic carbocycles. The lowest BCUT2D eigenvalue weighted by Crippen LogP contribution is -2.51. The van der Waals surface area contributed by atoms with Gasteiger partial charge in [-0.1, -0.05) is 6.92 Å². The van der Waals surface area contributed by atoms with Gasteiger partial charge >= 0.3 is 0 Å². The standard InChI is InChI=1S/C13H20BrN3O/c1-4-13(2,17-7-5-6-8-17)12(18)11-10(14)9-15-16(11)3/h9H,4-8H2,1-3H3. The lowest BCUT2D eigenvalue weighted by Gasteiger charge is -2.36. The third-order valence-electron chi connectivity index (χ3n) is 4.09. The Morgan fingerprint density at radius 1 is 1.50 bits per heavy atom. The van der Waals surface area contributed by atoms with Crippen LogP contribution in [0.5, 0.6) is 0 Å². The summed E-state index contributed by atoms with van der Waals surface area (Å²) in [5, 5.41) is 4.14. The summed E-state index contributed by atoms with van der Waals surface area (Å²) in [6.07, 6.45) is 4.89. The van der Waals surface area contributed by atoms with Crippen molar-refractivity contribution >= 4 is 21.7 Å². The number of Topliss-reactive ketones (excluding diaryl/α,β-unsaturated/α-hetero) is 1. The molecule has 1 saturated heterocycles. The van der Waals surface area contributed by atoms with Crippen LogP contribution in [0.2, 0.25) is 0 Å². The molecule has 18 heavy (non-hydrogen) atoms. The molecular weight excluding hydrogens is 294 g/mol. The second-order valence-corrected chi connectivity index (χ2v) is 5.97. The van der Waals surface area contributed by atoms with Gasteiger partial charge in [-0.15, -0.1) is 0 Å². The third-order valence-corrected chi connectivity index (χ3v) is 4.67. The Hall–Kier alpha value is -0.680. The summed E-state index contributed by atoms with van der Waals surface area (Å²) in [4.78, 5) is 15.2. The van der Waals surface area contributed by atoms with Crippen LogP contribution >= 0.6 is 15.9 Å². The summed E-state index contributed by atoms with van der Waals surface area (Å²) in [5.74, 6) is 0.166. The largest absolute Gasteiger partial charge is 0.291 e. The predicted octanol–water partition coefficient (Wildman–Crippen LogP) is 2.63. The molecule has 1 atom stereocenters. The van der Waals surface area contributed by atoms with E-state index in [9.17, 15) is 4.79 Å². The highest BCUT2D eigenvalue weighted by atomic mass is 79.9. The normalized spacial score (nSPS) is 20.0. The topological polar surface area (TPSA) is 38.1 Å². The maximum atomic E-state index is 12.9. The fraction of sp³-hybridized carbons (Fsp3) is 0.692. The average molecular weight is 314 g/mol. The van der Waals surface area contributed by atoms with Gasteiger partial charge in [0.15, 0.2) is 0 Å². The molecule has 0 bridgehead atoms. The molecule has 4 nitrogen and oxygen atoms in total. The zero-order chi connectivity index (χ0) is 13.3. The second-order valence-electron chi connectivity index (χ2n) is 5.12. The van der Waals surface area contributed by atoms with E-state index in [0.29, 0.717) is 5.69 Å². The van der Waals surface area contributed by atoms with Crippen LogP contribution in [0.15, 0.2) is 10.7 Å². The van der Waals surface area contributed by atoms with E-state index in [1.54, 1.807) is 10.9 Å². The van der Waals surface area contributed by atoms with Gasteiger partial charge in [0.25, 0.3) is 0 Å². The zero-order valence-electron chi connectivity index (χ0n) is 11.2. The molecule has 0 aliphatic carbocycles. The maximum absolute atomic E-state index is 12.9. The molecule has 2 rings (SSSR count). The van der Waals surface area contributed by atoms with Crippen molar-refractivity contribution in [2.45, 2.75) is 38.6 Å². The third kappa shape index (κ3) is 2.14. The number of nitrogens with zero attached hydrogens (tertiary/aromatic N) is 3. The summed E-state index contributed by atoms with van der Waals surface area (Å²) in [6, 6.07) is 0. The van der Waals surface area contributed by atoms with Crippen molar-refractivity contribution in [3.8, 4) is 0 Å². The van der Waals surface area contributed by atoms with E-state index in [0.717, 1.165) is 24.0 Å². The molecule has 0 radical (unpaired) electrons. The SMILES string of the molecule is CCC(C)(C(=O)c1c(Br)cnn1C)N1CCCC1. The van der Waals surface area contributed by atoms with Crippen LogP contribution in [0.1, 0.15) is 43.6 Å². The number of hydrogen-bond acceptors (Lipinski definition) is 3. The fourth-order valence-corrected chi connectivity index (χ4v) is 3.19. The minimum atomic E-state index is -0.410. The Balaban J connectivity index is 2.35. The molecule has 1 aliphatic rings. The number of carbonyl (C=O) groups is 1. The second kappa shape index (κ2) is 5.13. The predicted molar refractivity (Wildman–Crippen MR) is 74.7 cm³/mol. The first-order chi connectivity index (χ1) is 8.50. The van der Waals surface area contributed by atoms with Gasteiger partial charge in [0.1, 0.15) is 5.69 Å². The first kappa shape index (κ1) is 13.7. The molecule has 0 spiro atoms. The van der Waals surface area contributed by atoms with Gasteiger partial charge in [0.05, 0.1) is 16.2 Å². The highest BCUT2D eigenvalue weighted by molar-refractivity contribution is 9.10. The molecule has 0 saturated carbocycles. The lowest BCUT2D eigenvalue weighted by atomic mass is 9.89. The van der Waals surface area contributed by atoms with Gasteiger partial charge in [-0.05, 0) is 55.2 Å². The Morgan fingerprint density at radius 3 is 2.56 bits per heavy atom. The van der Waals surface area contributed by atoms with Crippen LogP contribution < -0.4 is 0 Å². The lowest BCUT2D eigenvalue weighted by molar-refractivity contribution is 0.0636. The van der Waals surface area contributed by atoms with Crippen LogP contribution in [-0.4, -0.2) is 39.1 Å². The molecule has 1 fully saturated rings. The number of hydrogen-bond donors (Lipinski definition) is 0. The first-order valence-electron chi connectivity index (χ1n) is 6.48. The van der Waals surface area contributed by atoms with Crippen LogP contribution in [0.4, 0.5) is 0 Å². The number of halogens is 1. The van der Waals surface area contributed by atoms with E-state index in [-0.39, 0.29) is 5.78 Å². The minimum Gasteiger partial charge on any atom is -0.291 e. The smallest absolute Gasteiger partial charge is 0.201 e. The van der Waals surface area contributed by atoms with Gasteiger partial charge in [-0.25, -0.2) is 0 Å². The molecular formula is C13H20BrN3O. The molecule has 1 aromatic heterocycles. The number of rotatable bonds is 4. The highest BCUT2D eigenvalue weighted by Gasteiger charge is 2.41. The van der Waals surface area contributed by atoms with Gasteiger partial charge in [0.2, 0.25) is 5.78 Å². The zero-order valence-corrected chi connectivity index (χ0v) is 12.8. The number of carbonyl (C=O) groups excluding carboxylic acids is 1. The van der Waals surface area contributed by atoms with Crippen molar-refractivity contribution in [1.29, 1.82) is 0 Å². The van der Waals surface area contributed by atoms with E-state index in [1.807, 2.05) is 7.05 Å². The molecule has 5 heteroatoms. The Kier molecular flexibility index (Phi) is 3.92. The average Bonchev–Trinajstić information content (AvgIpc) is 2.98. The van der Waals surface area contributed by atoms with E-state index in [4.69, 9.17) is 0 Å². The van der Waals surface area contributed by atoms with Crippen molar-refractivity contribution in [1.82, 2.24) is 14.7 Å². The maximum Gasteiger partial charge on any atom is 0.201 e. The number of ketones is 1. The highest BCUT2D eigenvalue weighted by Crippen LogP contribution is 2.30. The van der Waals surface area contributed by atoms with E-state index in [2.05, 4.69) is 39.8 Å². The molecule has 1 aromatic rings. The van der Waals surface area contributed by atoms with Crippen molar-refractivity contribution in [2.24, 2.45) is 7.05 Å². The molecule has 0 N–H and O–H groups in total. The Labute approximate surface area is 116 Å². The molecule has 100 valence electrons. The first-order valence-corrected chi connectivity index (χ1v) is 7.27. The van der Waals surface area contributed by atoms with Gasteiger partial charge in [-0.3, -0.25) is 14.4 Å². The number of aromatic nitrogens is 2. The summed E-state index contributed by atoms with van der Waals surface area (Å²) in [7, 11) is 1.82. The van der Waals surface area contributed by atoms with Crippen molar-refractivity contribution in [3.05, 3.63) is 16.4 Å². The number of aryl methyl sites for hydroxylation is 1. The molecule has 1 unspecified atom stereocenters. The summed E-state index contributed by atoms with van der Waals surface area (Å²) in [6.45, 7) is 6.18. The van der Waals surface area contributed by atoms with Crippen LogP contribution in [0.3, 0.4) is 0 Å². The quantitative estimate of drug-likeness (QED) is 0.802. The summed E-state index contributed by atoms with van der Waals surface area (Å²) >= 11 is 3.43. The van der Waals surface area contributed by atoms with E-state index in [1.165, 1.54) is 12.8 Å². The van der Waals surface area contributed by atoms with Gasteiger partial charge in [0, 0.05) is 7.05 Å². The van der Waals surface area contributed by atoms with Gasteiger partial charge in [-0.2, -0.15) is 5.10 Å². The van der Waals surface area contributed by atoms with Crippen LogP contribution in [0, 0.1) is 0 Å². The van der Waals surface area contributed by atoms with Crippen LogP contribution in [-0.2, 0) is 7.05 Å². The van der Waals surface area contributed by atoms with Crippen molar-refractivity contribution in [3.63, 3.8) is 0 Å². The van der Waals surface area contributed by atoms with Gasteiger partial charge < -0.3 is 0 Å². The Morgan fingerprint density at radius 2 is 2.11 bits per heavy atom. The van der Waals surface area contributed by atoms with E-state index >= 15 is 0 Å².